The largest absolute Gasteiger partial charge is 0.309 e. The molecule has 18 heavy (non-hydrogen) atoms. The van der Waals surface area contributed by atoms with Crippen LogP contribution in [-0.2, 0) is 19.0 Å². The quantitative estimate of drug-likeness (QED) is 0.844. The first-order valence-electron chi connectivity index (χ1n) is 5.72. The van der Waals surface area contributed by atoms with Crippen molar-refractivity contribution in [3.63, 3.8) is 0 Å². The Labute approximate surface area is 121 Å². The summed E-state index contributed by atoms with van der Waals surface area (Å²) in [7, 11) is 0. The minimum Gasteiger partial charge on any atom is -0.309 e. The van der Waals surface area contributed by atoms with Crippen molar-refractivity contribution in [1.82, 2.24) is 10.3 Å². The van der Waals surface area contributed by atoms with Gasteiger partial charge in [-0.3, -0.25) is 4.98 Å². The number of aromatic nitrogens is 1. The highest BCUT2D eigenvalue weighted by atomic mass is 79.9. The lowest BCUT2D eigenvalue weighted by Gasteiger charge is -2.06. The molecule has 0 spiro atoms. The molecule has 0 unspecified atom stereocenters. The van der Waals surface area contributed by atoms with Crippen molar-refractivity contribution in [1.29, 1.82) is 0 Å². The Bertz CT molecular complexity index is 499. The van der Waals surface area contributed by atoms with Gasteiger partial charge in [0.05, 0.1) is 0 Å². The maximum Gasteiger partial charge on any atom is 0.0474 e. The number of rotatable bonds is 5. The number of alkyl halides is 1. The lowest BCUT2D eigenvalue weighted by molar-refractivity contribution is 0.691. The summed E-state index contributed by atoms with van der Waals surface area (Å²) < 4.78 is 1.01. The molecule has 0 saturated heterocycles. The van der Waals surface area contributed by atoms with Crippen LogP contribution >= 0.6 is 27.5 Å². The van der Waals surface area contributed by atoms with Crippen LogP contribution in [0, 0.1) is 0 Å². The lowest BCUT2D eigenvalue weighted by atomic mass is 10.1. The van der Waals surface area contributed by atoms with Gasteiger partial charge in [-0.1, -0.05) is 24.3 Å². The number of pyridine rings is 1. The zero-order valence-electron chi connectivity index (χ0n) is 9.87. The van der Waals surface area contributed by atoms with Crippen molar-refractivity contribution in [3.05, 3.63) is 63.9 Å². The Morgan fingerprint density at radius 2 is 1.67 bits per heavy atom. The minimum absolute atomic E-state index is 0.567. The molecule has 2 aromatic rings. The van der Waals surface area contributed by atoms with Gasteiger partial charge in [-0.25, -0.2) is 0 Å². The van der Waals surface area contributed by atoms with Crippen LogP contribution in [0.2, 0.25) is 0 Å². The molecule has 0 aliphatic rings. The molecule has 0 bridgehead atoms. The van der Waals surface area contributed by atoms with E-state index in [1.807, 2.05) is 6.20 Å². The molecule has 94 valence electrons. The van der Waals surface area contributed by atoms with Crippen LogP contribution in [0.1, 0.15) is 16.7 Å². The summed E-state index contributed by atoms with van der Waals surface area (Å²) in [5, 5.41) is 3.39. The Morgan fingerprint density at radius 1 is 1.00 bits per heavy atom. The van der Waals surface area contributed by atoms with E-state index in [-0.39, 0.29) is 0 Å². The molecule has 1 N–H and O–H groups in total. The summed E-state index contributed by atoms with van der Waals surface area (Å²) in [5.74, 6) is 0.567. The van der Waals surface area contributed by atoms with Crippen LogP contribution < -0.4 is 5.32 Å². The zero-order chi connectivity index (χ0) is 12.8. The third-order valence-electron chi connectivity index (χ3n) is 2.60. The highest BCUT2D eigenvalue weighted by molar-refractivity contribution is 9.10. The fourth-order valence-corrected chi connectivity index (χ4v) is 2.24. The number of hydrogen-bond acceptors (Lipinski definition) is 2. The van der Waals surface area contributed by atoms with Gasteiger partial charge < -0.3 is 5.32 Å². The molecule has 0 aliphatic carbocycles. The second-order valence-electron chi connectivity index (χ2n) is 4.07. The van der Waals surface area contributed by atoms with Gasteiger partial charge in [0.2, 0.25) is 0 Å². The third kappa shape index (κ3) is 4.09. The van der Waals surface area contributed by atoms with E-state index < -0.39 is 0 Å². The van der Waals surface area contributed by atoms with Gasteiger partial charge in [-0.2, -0.15) is 0 Å². The van der Waals surface area contributed by atoms with Gasteiger partial charge in [0.25, 0.3) is 0 Å². The molecule has 4 heteroatoms. The van der Waals surface area contributed by atoms with Gasteiger partial charge in [0.15, 0.2) is 0 Å². The highest BCUT2D eigenvalue weighted by Gasteiger charge is 1.96. The van der Waals surface area contributed by atoms with Gasteiger partial charge in [-0.05, 0) is 38.7 Å². The Balaban J connectivity index is 1.84. The second kappa shape index (κ2) is 6.88. The van der Waals surface area contributed by atoms with Crippen LogP contribution in [0.25, 0.3) is 0 Å². The Kier molecular flexibility index (Phi) is 5.17. The number of nitrogens with zero attached hydrogens (tertiary/aromatic N) is 1. The normalized spacial score (nSPS) is 10.6. The van der Waals surface area contributed by atoms with Gasteiger partial charge >= 0.3 is 0 Å². The molecular formula is C14H14BrClN2. The fraction of sp³-hybridized carbons (Fsp3) is 0.214. The molecule has 0 aliphatic heterocycles. The minimum atomic E-state index is 0.567. The highest BCUT2D eigenvalue weighted by Crippen LogP contribution is 2.10. The van der Waals surface area contributed by atoms with Crippen LogP contribution in [0.4, 0.5) is 0 Å². The summed E-state index contributed by atoms with van der Waals surface area (Å²) >= 11 is 9.16. The number of nitrogens with one attached hydrogen (secondary N) is 1. The smallest absolute Gasteiger partial charge is 0.0474 e. The van der Waals surface area contributed by atoms with Crippen molar-refractivity contribution in [2.75, 3.05) is 0 Å². The van der Waals surface area contributed by atoms with Gasteiger partial charge in [-0.15, -0.1) is 11.6 Å². The van der Waals surface area contributed by atoms with Gasteiger partial charge in [0.1, 0.15) is 0 Å². The van der Waals surface area contributed by atoms with Crippen molar-refractivity contribution in [2.24, 2.45) is 0 Å². The number of hydrogen-bond donors (Lipinski definition) is 1. The predicted octanol–water partition coefficient (Wildman–Crippen LogP) is 3.87. The number of benzene rings is 1. The summed E-state index contributed by atoms with van der Waals surface area (Å²) in [6, 6.07) is 10.4. The van der Waals surface area contributed by atoms with E-state index in [0.717, 1.165) is 23.1 Å². The summed E-state index contributed by atoms with van der Waals surface area (Å²) in [4.78, 5) is 4.13. The van der Waals surface area contributed by atoms with E-state index in [1.54, 1.807) is 6.20 Å². The average Bonchev–Trinajstić information content (AvgIpc) is 2.40. The summed E-state index contributed by atoms with van der Waals surface area (Å²) in [6.45, 7) is 1.65. The van der Waals surface area contributed by atoms with E-state index in [1.165, 1.54) is 11.1 Å². The van der Waals surface area contributed by atoms with E-state index in [0.29, 0.717) is 5.88 Å². The topological polar surface area (TPSA) is 24.9 Å². The van der Waals surface area contributed by atoms with Crippen molar-refractivity contribution >= 4 is 27.5 Å². The van der Waals surface area contributed by atoms with E-state index in [9.17, 15) is 0 Å². The van der Waals surface area contributed by atoms with E-state index >= 15 is 0 Å². The monoisotopic (exact) mass is 324 g/mol. The van der Waals surface area contributed by atoms with Gasteiger partial charge in [0, 0.05) is 35.8 Å². The van der Waals surface area contributed by atoms with Crippen molar-refractivity contribution < 1.29 is 0 Å². The standard InChI is InChI=1S/C14H14BrClN2/c15-14-5-13(9-18-10-14)8-17-7-12-3-1-11(6-16)2-4-12/h1-5,9-10,17H,6-8H2. The SMILES string of the molecule is ClCc1ccc(CNCc2cncc(Br)c2)cc1. The molecule has 2 nitrogen and oxygen atoms in total. The maximum atomic E-state index is 5.75. The first-order valence-corrected chi connectivity index (χ1v) is 7.04. The lowest BCUT2D eigenvalue weighted by Crippen LogP contribution is -2.12. The molecule has 1 heterocycles. The van der Waals surface area contributed by atoms with Crippen LogP contribution in [0.15, 0.2) is 47.2 Å². The van der Waals surface area contributed by atoms with E-state index in [4.69, 9.17) is 11.6 Å². The molecule has 0 saturated carbocycles. The Hall–Kier alpha value is -0.900. The van der Waals surface area contributed by atoms with Crippen LogP contribution in [0.5, 0.6) is 0 Å². The average molecular weight is 326 g/mol. The number of halogens is 2. The molecule has 0 amide bonds. The molecular weight excluding hydrogens is 312 g/mol. The van der Waals surface area contributed by atoms with E-state index in [2.05, 4.69) is 56.6 Å². The van der Waals surface area contributed by atoms with Crippen LogP contribution in [-0.4, -0.2) is 4.98 Å². The predicted molar refractivity (Wildman–Crippen MR) is 78.5 cm³/mol. The third-order valence-corrected chi connectivity index (χ3v) is 3.34. The molecule has 1 aromatic carbocycles. The van der Waals surface area contributed by atoms with Crippen LogP contribution in [0.3, 0.4) is 0 Å². The van der Waals surface area contributed by atoms with Crippen molar-refractivity contribution in [2.45, 2.75) is 19.0 Å². The summed E-state index contributed by atoms with van der Waals surface area (Å²) in [5.41, 5.74) is 3.57. The molecule has 1 aromatic heterocycles. The first kappa shape index (κ1) is 13.5. The summed E-state index contributed by atoms with van der Waals surface area (Å²) in [6.07, 6.45) is 3.66. The first-order chi connectivity index (χ1) is 8.78. The zero-order valence-corrected chi connectivity index (χ0v) is 12.2. The van der Waals surface area contributed by atoms with Crippen molar-refractivity contribution in [3.8, 4) is 0 Å². The Morgan fingerprint density at radius 3 is 2.33 bits per heavy atom. The molecule has 2 rings (SSSR count). The molecule has 0 atom stereocenters. The molecule has 0 radical (unpaired) electrons. The molecule has 0 fully saturated rings. The maximum absolute atomic E-state index is 5.75. The fourth-order valence-electron chi connectivity index (χ4n) is 1.65. The second-order valence-corrected chi connectivity index (χ2v) is 5.25.